The van der Waals surface area contributed by atoms with E-state index in [2.05, 4.69) is 5.32 Å². The highest BCUT2D eigenvalue weighted by Gasteiger charge is 2.37. The van der Waals surface area contributed by atoms with Gasteiger partial charge in [-0.25, -0.2) is 0 Å². The average molecular weight is 290 g/mol. The van der Waals surface area contributed by atoms with Gasteiger partial charge in [0.25, 0.3) is 0 Å². The van der Waals surface area contributed by atoms with Crippen LogP contribution in [0.5, 0.6) is 5.75 Å². The third-order valence-electron chi connectivity index (χ3n) is 4.12. The third kappa shape index (κ3) is 3.35. The number of hydrogen-bond acceptors (Lipinski definition) is 3. The molecule has 0 unspecified atom stereocenters. The Morgan fingerprint density at radius 3 is 2.14 bits per heavy atom. The summed E-state index contributed by atoms with van der Waals surface area (Å²) in [4.78, 5) is 24.9. The Hall–Kier alpha value is -2.04. The summed E-state index contributed by atoms with van der Waals surface area (Å²) < 4.78 is 5.18. The number of likely N-dealkylation sites (tertiary alicyclic amines) is 1. The number of benzene rings is 1. The van der Waals surface area contributed by atoms with Crippen molar-refractivity contribution in [2.24, 2.45) is 0 Å². The van der Waals surface area contributed by atoms with Crippen molar-refractivity contribution in [1.29, 1.82) is 0 Å². The van der Waals surface area contributed by atoms with Gasteiger partial charge in [-0.3, -0.25) is 9.59 Å². The predicted molar refractivity (Wildman–Crippen MR) is 80.0 cm³/mol. The van der Waals surface area contributed by atoms with E-state index in [0.29, 0.717) is 13.1 Å². The summed E-state index contributed by atoms with van der Waals surface area (Å²) in [5.74, 6) is 0.821. The first-order valence-electron chi connectivity index (χ1n) is 7.16. The Labute approximate surface area is 125 Å². The molecule has 2 amide bonds. The van der Waals surface area contributed by atoms with E-state index in [1.54, 1.807) is 14.0 Å². The minimum Gasteiger partial charge on any atom is -0.497 e. The maximum Gasteiger partial charge on any atom is 0.219 e. The maximum atomic E-state index is 11.6. The molecule has 0 radical (unpaired) electrons. The van der Waals surface area contributed by atoms with Gasteiger partial charge < -0.3 is 15.0 Å². The number of amides is 2. The maximum absolute atomic E-state index is 11.6. The molecule has 0 saturated carbocycles. The van der Waals surface area contributed by atoms with Crippen LogP contribution in [0.2, 0.25) is 0 Å². The Kier molecular flexibility index (Phi) is 4.50. The summed E-state index contributed by atoms with van der Waals surface area (Å²) >= 11 is 0. The second-order valence-electron chi connectivity index (χ2n) is 5.50. The van der Waals surface area contributed by atoms with Crippen molar-refractivity contribution in [2.75, 3.05) is 20.2 Å². The lowest BCUT2D eigenvalue weighted by Crippen LogP contribution is -2.53. The molecule has 1 saturated heterocycles. The second kappa shape index (κ2) is 6.16. The molecular formula is C16H22N2O3. The van der Waals surface area contributed by atoms with Gasteiger partial charge in [-0.15, -0.1) is 0 Å². The molecular weight excluding hydrogens is 268 g/mol. The van der Waals surface area contributed by atoms with Crippen molar-refractivity contribution in [2.45, 2.75) is 32.2 Å². The van der Waals surface area contributed by atoms with Crippen molar-refractivity contribution >= 4 is 11.8 Å². The average Bonchev–Trinajstić information content (AvgIpc) is 2.47. The molecule has 114 valence electrons. The minimum atomic E-state index is -0.399. The first-order valence-corrected chi connectivity index (χ1v) is 7.16. The van der Waals surface area contributed by atoms with Crippen LogP contribution in [0.3, 0.4) is 0 Å². The van der Waals surface area contributed by atoms with Crippen molar-refractivity contribution in [3.63, 3.8) is 0 Å². The van der Waals surface area contributed by atoms with Gasteiger partial charge in [0.1, 0.15) is 5.75 Å². The number of nitrogens with zero attached hydrogens (tertiary/aromatic N) is 1. The van der Waals surface area contributed by atoms with E-state index in [1.807, 2.05) is 29.2 Å². The van der Waals surface area contributed by atoms with Crippen molar-refractivity contribution < 1.29 is 14.3 Å². The highest BCUT2D eigenvalue weighted by atomic mass is 16.5. The molecule has 1 aromatic rings. The summed E-state index contributed by atoms with van der Waals surface area (Å²) in [5.41, 5.74) is 0.658. The first kappa shape index (κ1) is 15.4. The SMILES string of the molecule is COc1ccc(C2(NC(C)=O)CCN(C(C)=O)CC2)cc1. The normalized spacial score (nSPS) is 17.2. The molecule has 0 spiro atoms. The molecule has 5 heteroatoms. The number of carbonyl (C=O) groups excluding carboxylic acids is 2. The lowest BCUT2D eigenvalue weighted by atomic mass is 9.80. The zero-order valence-electron chi connectivity index (χ0n) is 12.8. The molecule has 2 rings (SSSR count). The summed E-state index contributed by atoms with van der Waals surface area (Å²) in [5, 5.41) is 3.09. The molecule has 21 heavy (non-hydrogen) atoms. The molecule has 0 bridgehead atoms. The summed E-state index contributed by atoms with van der Waals surface area (Å²) in [6, 6.07) is 7.77. The number of rotatable bonds is 3. The van der Waals surface area contributed by atoms with Gasteiger partial charge in [-0.2, -0.15) is 0 Å². The highest BCUT2D eigenvalue weighted by molar-refractivity contribution is 5.75. The highest BCUT2D eigenvalue weighted by Crippen LogP contribution is 2.34. The smallest absolute Gasteiger partial charge is 0.219 e. The van der Waals surface area contributed by atoms with Crippen LogP contribution in [0.4, 0.5) is 0 Å². The largest absolute Gasteiger partial charge is 0.497 e. The molecule has 5 nitrogen and oxygen atoms in total. The molecule has 1 aromatic carbocycles. The zero-order chi connectivity index (χ0) is 15.5. The van der Waals surface area contributed by atoms with Gasteiger partial charge in [-0.1, -0.05) is 12.1 Å². The van der Waals surface area contributed by atoms with E-state index in [4.69, 9.17) is 4.74 Å². The molecule has 0 aliphatic carbocycles. The molecule has 1 N–H and O–H groups in total. The fourth-order valence-electron chi connectivity index (χ4n) is 2.94. The van der Waals surface area contributed by atoms with Gasteiger partial charge in [0.15, 0.2) is 0 Å². The van der Waals surface area contributed by atoms with Crippen LogP contribution in [0.15, 0.2) is 24.3 Å². The van der Waals surface area contributed by atoms with Crippen molar-refractivity contribution in [1.82, 2.24) is 10.2 Å². The minimum absolute atomic E-state index is 0.0536. The van der Waals surface area contributed by atoms with E-state index >= 15 is 0 Å². The van der Waals surface area contributed by atoms with Crippen molar-refractivity contribution in [3.05, 3.63) is 29.8 Å². The monoisotopic (exact) mass is 290 g/mol. The fraction of sp³-hybridized carbons (Fsp3) is 0.500. The van der Waals surface area contributed by atoms with Crippen LogP contribution < -0.4 is 10.1 Å². The summed E-state index contributed by atoms with van der Waals surface area (Å²) in [7, 11) is 1.63. The predicted octanol–water partition coefficient (Wildman–Crippen LogP) is 1.67. The van der Waals surface area contributed by atoms with E-state index < -0.39 is 5.54 Å². The van der Waals surface area contributed by atoms with Crippen LogP contribution in [0.1, 0.15) is 32.3 Å². The van der Waals surface area contributed by atoms with Crippen LogP contribution in [-0.2, 0) is 15.1 Å². The fourth-order valence-corrected chi connectivity index (χ4v) is 2.94. The Morgan fingerprint density at radius 1 is 1.14 bits per heavy atom. The topological polar surface area (TPSA) is 58.6 Å². The van der Waals surface area contributed by atoms with E-state index in [0.717, 1.165) is 24.2 Å². The Bertz CT molecular complexity index is 517. The van der Waals surface area contributed by atoms with Gasteiger partial charge >= 0.3 is 0 Å². The molecule has 1 fully saturated rings. The van der Waals surface area contributed by atoms with E-state index in [1.165, 1.54) is 6.92 Å². The number of carbonyl (C=O) groups is 2. The number of nitrogens with one attached hydrogen (secondary N) is 1. The van der Waals surface area contributed by atoms with Crippen LogP contribution in [-0.4, -0.2) is 36.9 Å². The van der Waals surface area contributed by atoms with E-state index in [9.17, 15) is 9.59 Å². The number of ether oxygens (including phenoxy) is 1. The quantitative estimate of drug-likeness (QED) is 0.921. The summed E-state index contributed by atoms with van der Waals surface area (Å²) in [6.07, 6.45) is 1.44. The van der Waals surface area contributed by atoms with Crippen molar-refractivity contribution in [3.8, 4) is 5.75 Å². The third-order valence-corrected chi connectivity index (χ3v) is 4.12. The van der Waals surface area contributed by atoms with Gasteiger partial charge in [-0.05, 0) is 30.5 Å². The molecule has 1 aliphatic rings. The van der Waals surface area contributed by atoms with Crippen LogP contribution >= 0.6 is 0 Å². The number of hydrogen-bond donors (Lipinski definition) is 1. The Balaban J connectivity index is 2.25. The van der Waals surface area contributed by atoms with Gasteiger partial charge in [0, 0.05) is 26.9 Å². The lowest BCUT2D eigenvalue weighted by Gasteiger charge is -2.42. The first-order chi connectivity index (χ1) is 9.97. The van der Waals surface area contributed by atoms with Gasteiger partial charge in [0.2, 0.25) is 11.8 Å². The second-order valence-corrected chi connectivity index (χ2v) is 5.50. The molecule has 1 heterocycles. The van der Waals surface area contributed by atoms with Crippen LogP contribution in [0, 0.1) is 0 Å². The molecule has 0 atom stereocenters. The molecule has 1 aliphatic heterocycles. The van der Waals surface area contributed by atoms with Crippen LogP contribution in [0.25, 0.3) is 0 Å². The number of piperidine rings is 1. The molecule has 0 aromatic heterocycles. The lowest BCUT2D eigenvalue weighted by molar-refractivity contribution is -0.131. The Morgan fingerprint density at radius 2 is 1.71 bits per heavy atom. The zero-order valence-corrected chi connectivity index (χ0v) is 12.8. The van der Waals surface area contributed by atoms with E-state index in [-0.39, 0.29) is 11.8 Å². The summed E-state index contributed by atoms with van der Waals surface area (Å²) in [6.45, 7) is 4.42. The standard InChI is InChI=1S/C16H22N2O3/c1-12(19)17-16(8-10-18(11-9-16)13(2)20)14-4-6-15(21-3)7-5-14/h4-7H,8-11H2,1-3H3,(H,17,19). The number of methoxy groups -OCH3 is 1. The van der Waals surface area contributed by atoms with Gasteiger partial charge in [0.05, 0.1) is 12.6 Å².